The summed E-state index contributed by atoms with van der Waals surface area (Å²) in [5, 5.41) is 0.724. The van der Waals surface area contributed by atoms with Gasteiger partial charge < -0.3 is 19.4 Å². The number of fused-ring (bicyclic) bond motifs is 1. The molecule has 2 saturated heterocycles. The van der Waals surface area contributed by atoms with E-state index in [2.05, 4.69) is 19.8 Å². The number of amides is 1. The zero-order valence-electron chi connectivity index (χ0n) is 20.6. The number of piperidine rings is 1. The molecular formula is C27H30FN5O3. The summed E-state index contributed by atoms with van der Waals surface area (Å²) in [6.45, 7) is 6.18. The highest BCUT2D eigenvalue weighted by Crippen LogP contribution is 2.26. The first-order chi connectivity index (χ1) is 17.4. The Morgan fingerprint density at radius 2 is 1.61 bits per heavy atom. The summed E-state index contributed by atoms with van der Waals surface area (Å²) < 4.78 is 18.3. The number of carbonyl (C=O) groups excluding carboxylic acids is 2. The molecule has 9 heteroatoms. The van der Waals surface area contributed by atoms with Crippen LogP contribution in [0.4, 0.5) is 16.0 Å². The van der Waals surface area contributed by atoms with Gasteiger partial charge in [0.1, 0.15) is 5.82 Å². The van der Waals surface area contributed by atoms with Gasteiger partial charge in [0.25, 0.3) is 0 Å². The quantitative estimate of drug-likeness (QED) is 0.518. The summed E-state index contributed by atoms with van der Waals surface area (Å²) in [5.41, 5.74) is 3.05. The van der Waals surface area contributed by atoms with E-state index >= 15 is 0 Å². The molecule has 5 rings (SSSR count). The minimum Gasteiger partial charge on any atom is -0.465 e. The van der Waals surface area contributed by atoms with Gasteiger partial charge >= 0.3 is 5.97 Å². The standard InChI is InChI=1S/C27H30FN5O3/c1-18-23-17-21(28)5-8-24(23)30-27(29-18)33-11-9-19(10-12-33)25(34)32-15-13-31(14-16-32)22-6-3-20(4-7-22)26(35)36-2/h3-8,17,19H,9-16H2,1-2H3. The van der Waals surface area contributed by atoms with Crippen molar-refractivity contribution in [1.82, 2.24) is 14.9 Å². The molecule has 2 aliphatic heterocycles. The molecule has 0 aliphatic carbocycles. The van der Waals surface area contributed by atoms with Crippen molar-refractivity contribution >= 4 is 34.4 Å². The first kappa shape index (κ1) is 24.0. The van der Waals surface area contributed by atoms with Crippen molar-refractivity contribution in [2.45, 2.75) is 19.8 Å². The number of esters is 1. The number of carbonyl (C=O) groups is 2. The molecule has 2 fully saturated rings. The van der Waals surface area contributed by atoms with E-state index < -0.39 is 0 Å². The Bertz CT molecular complexity index is 1270. The number of aryl methyl sites for hydroxylation is 1. The zero-order chi connectivity index (χ0) is 25.2. The number of rotatable bonds is 4. The van der Waals surface area contributed by atoms with Gasteiger partial charge in [-0.05, 0) is 62.2 Å². The number of nitrogens with zero attached hydrogens (tertiary/aromatic N) is 5. The van der Waals surface area contributed by atoms with E-state index in [1.54, 1.807) is 18.2 Å². The van der Waals surface area contributed by atoms with Gasteiger partial charge in [0.2, 0.25) is 11.9 Å². The average Bonchev–Trinajstić information content (AvgIpc) is 2.93. The Morgan fingerprint density at radius 1 is 0.917 bits per heavy atom. The Hall–Kier alpha value is -3.75. The largest absolute Gasteiger partial charge is 0.465 e. The minimum absolute atomic E-state index is 0.00258. The molecule has 0 unspecified atom stereocenters. The lowest BCUT2D eigenvalue weighted by atomic mass is 9.95. The van der Waals surface area contributed by atoms with Crippen LogP contribution >= 0.6 is 0 Å². The highest BCUT2D eigenvalue weighted by atomic mass is 19.1. The van der Waals surface area contributed by atoms with Crippen molar-refractivity contribution in [1.29, 1.82) is 0 Å². The van der Waals surface area contributed by atoms with Crippen LogP contribution in [0.15, 0.2) is 42.5 Å². The monoisotopic (exact) mass is 491 g/mol. The topological polar surface area (TPSA) is 78.9 Å². The van der Waals surface area contributed by atoms with Gasteiger partial charge in [-0.25, -0.2) is 19.2 Å². The summed E-state index contributed by atoms with van der Waals surface area (Å²) >= 11 is 0. The first-order valence-corrected chi connectivity index (χ1v) is 12.3. The van der Waals surface area contributed by atoms with Crippen molar-refractivity contribution < 1.29 is 18.7 Å². The minimum atomic E-state index is -0.347. The van der Waals surface area contributed by atoms with E-state index in [1.165, 1.54) is 19.2 Å². The van der Waals surface area contributed by atoms with Crippen LogP contribution in [0.3, 0.4) is 0 Å². The summed E-state index contributed by atoms with van der Waals surface area (Å²) in [7, 11) is 1.37. The fraction of sp³-hybridized carbons (Fsp3) is 0.407. The average molecular weight is 492 g/mol. The third-order valence-corrected chi connectivity index (χ3v) is 7.21. The van der Waals surface area contributed by atoms with Gasteiger partial charge in [-0.2, -0.15) is 0 Å². The predicted octanol–water partition coefficient (Wildman–Crippen LogP) is 3.43. The Labute approximate surface area is 209 Å². The molecule has 1 amide bonds. The predicted molar refractivity (Wildman–Crippen MR) is 136 cm³/mol. The van der Waals surface area contributed by atoms with Crippen LogP contribution in [0.1, 0.15) is 28.9 Å². The fourth-order valence-electron chi connectivity index (χ4n) is 5.08. The molecule has 36 heavy (non-hydrogen) atoms. The van der Waals surface area contributed by atoms with E-state index in [1.807, 2.05) is 24.0 Å². The van der Waals surface area contributed by atoms with E-state index in [0.29, 0.717) is 24.6 Å². The summed E-state index contributed by atoms with van der Waals surface area (Å²) in [6, 6.07) is 12.0. The molecule has 3 heterocycles. The van der Waals surface area contributed by atoms with Crippen LogP contribution in [0.2, 0.25) is 0 Å². The van der Waals surface area contributed by atoms with Crippen LogP contribution in [0.25, 0.3) is 10.9 Å². The number of hydrogen-bond acceptors (Lipinski definition) is 7. The lowest BCUT2D eigenvalue weighted by Gasteiger charge is -2.39. The van der Waals surface area contributed by atoms with Gasteiger partial charge in [-0.1, -0.05) is 0 Å². The maximum absolute atomic E-state index is 13.6. The van der Waals surface area contributed by atoms with Gasteiger partial charge in [0, 0.05) is 56.3 Å². The normalized spacial score (nSPS) is 16.9. The van der Waals surface area contributed by atoms with E-state index in [9.17, 15) is 14.0 Å². The third-order valence-electron chi connectivity index (χ3n) is 7.21. The van der Waals surface area contributed by atoms with Gasteiger partial charge in [-0.3, -0.25) is 4.79 Å². The zero-order valence-corrected chi connectivity index (χ0v) is 20.6. The number of anilines is 2. The second kappa shape index (κ2) is 10.1. The van der Waals surface area contributed by atoms with Gasteiger partial charge in [-0.15, -0.1) is 0 Å². The molecule has 0 saturated carbocycles. The molecular weight excluding hydrogens is 461 g/mol. The van der Waals surface area contributed by atoms with Crippen molar-refractivity contribution in [3.63, 3.8) is 0 Å². The number of benzene rings is 2. The van der Waals surface area contributed by atoms with Crippen LogP contribution in [-0.4, -0.2) is 73.1 Å². The molecule has 0 atom stereocenters. The molecule has 188 valence electrons. The number of methoxy groups -OCH3 is 1. The van der Waals surface area contributed by atoms with E-state index in [0.717, 1.165) is 61.3 Å². The maximum Gasteiger partial charge on any atom is 0.337 e. The van der Waals surface area contributed by atoms with Gasteiger partial charge in [0.15, 0.2) is 0 Å². The molecule has 2 aromatic carbocycles. The van der Waals surface area contributed by atoms with E-state index in [4.69, 9.17) is 4.74 Å². The van der Waals surface area contributed by atoms with Crippen LogP contribution in [-0.2, 0) is 9.53 Å². The lowest BCUT2D eigenvalue weighted by Crippen LogP contribution is -2.51. The summed E-state index contributed by atoms with van der Waals surface area (Å²) in [4.78, 5) is 40.4. The molecule has 0 bridgehead atoms. The second-order valence-corrected chi connectivity index (χ2v) is 9.38. The third kappa shape index (κ3) is 4.82. The second-order valence-electron chi connectivity index (χ2n) is 9.38. The highest BCUT2D eigenvalue weighted by Gasteiger charge is 2.31. The van der Waals surface area contributed by atoms with Crippen molar-refractivity contribution in [2.75, 3.05) is 56.2 Å². The summed E-state index contributed by atoms with van der Waals surface area (Å²) in [5.74, 6) is 0.229. The Kier molecular flexibility index (Phi) is 6.71. The van der Waals surface area contributed by atoms with Gasteiger partial charge in [0.05, 0.1) is 23.9 Å². The number of hydrogen-bond donors (Lipinski definition) is 0. The molecule has 1 aromatic heterocycles. The number of halogens is 1. The lowest BCUT2D eigenvalue weighted by molar-refractivity contribution is -0.136. The first-order valence-electron chi connectivity index (χ1n) is 12.3. The molecule has 2 aliphatic rings. The molecule has 0 N–H and O–H groups in total. The smallest absolute Gasteiger partial charge is 0.337 e. The number of ether oxygens (including phenoxy) is 1. The molecule has 8 nitrogen and oxygen atoms in total. The van der Waals surface area contributed by atoms with Crippen LogP contribution < -0.4 is 9.80 Å². The van der Waals surface area contributed by atoms with Crippen molar-refractivity contribution in [3.05, 3.63) is 59.5 Å². The SMILES string of the molecule is COC(=O)c1ccc(N2CCN(C(=O)C3CCN(c4nc(C)c5cc(F)ccc5n4)CC3)CC2)cc1. The van der Waals surface area contributed by atoms with Crippen molar-refractivity contribution in [2.24, 2.45) is 5.92 Å². The summed E-state index contributed by atoms with van der Waals surface area (Å²) in [6.07, 6.45) is 1.52. The maximum atomic E-state index is 13.6. The Morgan fingerprint density at radius 3 is 2.28 bits per heavy atom. The Balaban J connectivity index is 1.15. The van der Waals surface area contributed by atoms with Crippen LogP contribution in [0.5, 0.6) is 0 Å². The van der Waals surface area contributed by atoms with Crippen molar-refractivity contribution in [3.8, 4) is 0 Å². The molecule has 3 aromatic rings. The highest BCUT2D eigenvalue weighted by molar-refractivity contribution is 5.89. The fourth-order valence-corrected chi connectivity index (χ4v) is 5.08. The van der Waals surface area contributed by atoms with Crippen LogP contribution in [0, 0.1) is 18.7 Å². The molecule has 0 spiro atoms. The molecule has 0 radical (unpaired) electrons. The number of piperazine rings is 1. The number of aromatic nitrogens is 2. The van der Waals surface area contributed by atoms with E-state index in [-0.39, 0.29) is 23.6 Å².